The molecule has 0 aliphatic carbocycles. The number of hydrogen-bond acceptors (Lipinski definition) is 3. The van der Waals surface area contributed by atoms with Crippen molar-refractivity contribution in [2.24, 2.45) is 0 Å². The van der Waals surface area contributed by atoms with Gasteiger partial charge < -0.3 is 4.90 Å². The molecule has 4 nitrogen and oxygen atoms in total. The van der Waals surface area contributed by atoms with Crippen LogP contribution in [0.1, 0.15) is 11.6 Å². The first-order valence-corrected chi connectivity index (χ1v) is 7.63. The average molecular weight is 388 g/mol. The molecule has 0 bridgehead atoms. The van der Waals surface area contributed by atoms with E-state index in [9.17, 15) is 10.1 Å². The highest BCUT2D eigenvalue weighted by Crippen LogP contribution is 2.61. The van der Waals surface area contributed by atoms with Crippen LogP contribution in [-0.4, -0.2) is 9.38 Å². The Morgan fingerprint density at radius 2 is 1.67 bits per heavy atom. The first-order chi connectivity index (χ1) is 9.91. The topological polar surface area (TPSA) is 46.1 Å². The van der Waals surface area contributed by atoms with E-state index in [1.807, 2.05) is 29.2 Å². The largest absolute Gasteiger partial charge is 0.326 e. The molecular weight excluding hydrogens is 379 g/mol. The zero-order chi connectivity index (χ0) is 15.2. The summed E-state index contributed by atoms with van der Waals surface area (Å²) >= 11 is 16.0. The van der Waals surface area contributed by atoms with Crippen LogP contribution in [0, 0.1) is 10.1 Å². The predicted octanol–water partition coefficient (Wildman–Crippen LogP) is 5.05. The summed E-state index contributed by atoms with van der Waals surface area (Å²) in [6, 6.07) is 13.7. The number of anilines is 1. The summed E-state index contributed by atoms with van der Waals surface area (Å²) < 4.78 is -0.0704. The van der Waals surface area contributed by atoms with Crippen LogP contribution in [0.2, 0.25) is 0 Å². The molecule has 2 aromatic rings. The first-order valence-electron chi connectivity index (χ1n) is 6.08. The standard InChI is InChI=1S/C14H9BrCl2N2O2/c15-10-3-7-11(8-4-10)18-13(14(18,16)17)9-1-5-12(6-2-9)19(20)21/h1-8,13H/t13-,18?/m0/s1. The molecule has 1 aliphatic rings. The van der Waals surface area contributed by atoms with Crippen LogP contribution in [0.15, 0.2) is 53.0 Å². The molecule has 1 aliphatic heterocycles. The van der Waals surface area contributed by atoms with Gasteiger partial charge in [0.15, 0.2) is 0 Å². The molecule has 0 saturated carbocycles. The number of non-ortho nitro benzene ring substituents is 1. The van der Waals surface area contributed by atoms with Gasteiger partial charge in [-0.2, -0.15) is 0 Å². The van der Waals surface area contributed by atoms with E-state index < -0.39 is 9.38 Å². The van der Waals surface area contributed by atoms with Crippen LogP contribution in [0.3, 0.4) is 0 Å². The van der Waals surface area contributed by atoms with Gasteiger partial charge in [-0.1, -0.05) is 39.1 Å². The normalized spacial score (nSPS) is 19.4. The van der Waals surface area contributed by atoms with Crippen LogP contribution in [0.5, 0.6) is 0 Å². The van der Waals surface area contributed by atoms with Gasteiger partial charge in [0.25, 0.3) is 5.69 Å². The molecule has 1 atom stereocenters. The molecule has 0 amide bonds. The number of alkyl halides is 2. The van der Waals surface area contributed by atoms with Gasteiger partial charge >= 0.3 is 0 Å². The fourth-order valence-corrected chi connectivity index (χ4v) is 3.30. The number of nitro benzene ring substituents is 1. The lowest BCUT2D eigenvalue weighted by molar-refractivity contribution is -0.384. The van der Waals surface area contributed by atoms with Gasteiger partial charge in [-0.3, -0.25) is 10.1 Å². The van der Waals surface area contributed by atoms with Gasteiger partial charge in [0, 0.05) is 22.3 Å². The number of nitro groups is 1. The van der Waals surface area contributed by atoms with Crippen LogP contribution >= 0.6 is 39.1 Å². The van der Waals surface area contributed by atoms with E-state index in [0.29, 0.717) is 0 Å². The lowest BCUT2D eigenvalue weighted by Gasteiger charge is -2.06. The number of benzene rings is 2. The number of nitrogens with zero attached hydrogens (tertiary/aromatic N) is 2. The molecule has 1 saturated heterocycles. The average Bonchev–Trinajstić information content (AvgIpc) is 3.02. The third-order valence-electron chi connectivity index (χ3n) is 3.37. The van der Waals surface area contributed by atoms with E-state index in [0.717, 1.165) is 15.7 Å². The summed E-state index contributed by atoms with van der Waals surface area (Å²) in [5, 5.41) is 10.7. The van der Waals surface area contributed by atoms with Gasteiger partial charge in [0.1, 0.15) is 6.04 Å². The van der Waals surface area contributed by atoms with E-state index >= 15 is 0 Å². The van der Waals surface area contributed by atoms with Crippen molar-refractivity contribution >= 4 is 50.5 Å². The van der Waals surface area contributed by atoms with E-state index in [1.165, 1.54) is 12.1 Å². The zero-order valence-electron chi connectivity index (χ0n) is 10.5. The molecule has 1 fully saturated rings. The second-order valence-electron chi connectivity index (χ2n) is 4.69. The molecule has 0 N–H and O–H groups in total. The summed E-state index contributed by atoms with van der Waals surface area (Å²) in [7, 11) is 0. The van der Waals surface area contributed by atoms with E-state index in [2.05, 4.69) is 15.9 Å². The van der Waals surface area contributed by atoms with E-state index in [-0.39, 0.29) is 11.7 Å². The highest BCUT2D eigenvalue weighted by molar-refractivity contribution is 9.10. The Kier molecular flexibility index (Phi) is 3.59. The Labute approximate surface area is 139 Å². The van der Waals surface area contributed by atoms with Crippen molar-refractivity contribution in [1.29, 1.82) is 0 Å². The number of halogens is 3. The van der Waals surface area contributed by atoms with Gasteiger partial charge in [0.05, 0.1) is 4.92 Å². The summed E-state index contributed by atoms with van der Waals surface area (Å²) in [4.78, 5) is 12.1. The maximum atomic E-state index is 10.7. The molecule has 0 spiro atoms. The van der Waals surface area contributed by atoms with Crippen LogP contribution < -0.4 is 4.90 Å². The second-order valence-corrected chi connectivity index (χ2v) is 6.95. The molecule has 108 valence electrons. The summed E-state index contributed by atoms with van der Waals surface area (Å²) in [5.74, 6) is 0. The van der Waals surface area contributed by atoms with E-state index in [1.54, 1.807) is 12.1 Å². The molecule has 0 aromatic heterocycles. The van der Waals surface area contributed by atoms with E-state index in [4.69, 9.17) is 23.2 Å². The van der Waals surface area contributed by atoms with Crippen LogP contribution in [-0.2, 0) is 0 Å². The maximum Gasteiger partial charge on any atom is 0.269 e. The van der Waals surface area contributed by atoms with Crippen molar-refractivity contribution in [1.82, 2.24) is 0 Å². The predicted molar refractivity (Wildman–Crippen MR) is 86.9 cm³/mol. The molecule has 0 radical (unpaired) electrons. The fraction of sp³-hybridized carbons (Fsp3) is 0.143. The Morgan fingerprint density at radius 3 is 2.19 bits per heavy atom. The lowest BCUT2D eigenvalue weighted by atomic mass is 10.1. The first kappa shape index (κ1) is 14.6. The molecule has 3 rings (SSSR count). The Balaban J connectivity index is 1.89. The summed E-state index contributed by atoms with van der Waals surface area (Å²) in [6.45, 7) is 0. The van der Waals surface area contributed by atoms with Crippen molar-refractivity contribution in [3.05, 3.63) is 68.7 Å². The third kappa shape index (κ3) is 2.61. The minimum atomic E-state index is -1.04. The van der Waals surface area contributed by atoms with Crippen LogP contribution in [0.4, 0.5) is 11.4 Å². The molecular formula is C14H9BrCl2N2O2. The smallest absolute Gasteiger partial charge is 0.269 e. The molecule has 1 heterocycles. The molecule has 0 unspecified atom stereocenters. The van der Waals surface area contributed by atoms with Gasteiger partial charge in [-0.25, -0.2) is 0 Å². The maximum absolute atomic E-state index is 10.7. The van der Waals surface area contributed by atoms with Crippen molar-refractivity contribution in [2.75, 3.05) is 4.90 Å². The molecule has 7 heteroatoms. The van der Waals surface area contributed by atoms with Crippen molar-refractivity contribution in [3.63, 3.8) is 0 Å². The quantitative estimate of drug-likeness (QED) is 0.243. The minimum Gasteiger partial charge on any atom is -0.326 e. The monoisotopic (exact) mass is 386 g/mol. The van der Waals surface area contributed by atoms with Crippen LogP contribution in [0.25, 0.3) is 0 Å². The third-order valence-corrected chi connectivity index (χ3v) is 4.67. The summed E-state index contributed by atoms with van der Waals surface area (Å²) in [6.07, 6.45) is 0. The second kappa shape index (κ2) is 5.16. The van der Waals surface area contributed by atoms with Crippen molar-refractivity contribution in [3.8, 4) is 0 Å². The SMILES string of the molecule is O=[N+]([O-])c1ccc([C@@H]2N(c3ccc(Br)cc3)C2(Cl)Cl)cc1. The van der Waals surface area contributed by atoms with Gasteiger partial charge in [-0.05, 0) is 42.0 Å². The highest BCUT2D eigenvalue weighted by Gasteiger charge is 2.62. The molecule has 21 heavy (non-hydrogen) atoms. The highest BCUT2D eigenvalue weighted by atomic mass is 79.9. The Morgan fingerprint density at radius 1 is 1.10 bits per heavy atom. The Bertz CT molecular complexity index is 689. The lowest BCUT2D eigenvalue weighted by Crippen LogP contribution is -2.00. The minimum absolute atomic E-state index is 0.0457. The summed E-state index contributed by atoms with van der Waals surface area (Å²) in [5.41, 5.74) is 1.78. The van der Waals surface area contributed by atoms with Gasteiger partial charge in [0.2, 0.25) is 4.46 Å². The van der Waals surface area contributed by atoms with Gasteiger partial charge in [-0.15, -0.1) is 0 Å². The fourth-order valence-electron chi connectivity index (χ4n) is 2.30. The number of hydrogen-bond donors (Lipinski definition) is 0. The zero-order valence-corrected chi connectivity index (χ0v) is 13.6. The van der Waals surface area contributed by atoms with Crippen molar-refractivity contribution in [2.45, 2.75) is 10.5 Å². The Hall–Kier alpha value is -1.30. The molecule has 2 aromatic carbocycles. The van der Waals surface area contributed by atoms with Crippen molar-refractivity contribution < 1.29 is 4.92 Å². The number of rotatable bonds is 3.